The van der Waals surface area contributed by atoms with E-state index < -0.39 is 17.8 Å². The van der Waals surface area contributed by atoms with E-state index in [0.717, 1.165) is 51.6 Å². The number of rotatable bonds is 10. The highest BCUT2D eigenvalue weighted by Gasteiger charge is 2.42. The molecule has 2 aromatic carbocycles. The first kappa shape index (κ1) is 31.5. The van der Waals surface area contributed by atoms with E-state index in [0.29, 0.717) is 42.7 Å². The van der Waals surface area contributed by atoms with Crippen LogP contribution in [0.4, 0.5) is 19.0 Å². The average Bonchev–Trinajstić information content (AvgIpc) is 3.42. The number of phenols is 1. The lowest BCUT2D eigenvalue weighted by atomic mass is 9.69. The van der Waals surface area contributed by atoms with Crippen LogP contribution in [0.3, 0.4) is 0 Å². The second-order valence-electron chi connectivity index (χ2n) is 13.8. The zero-order chi connectivity index (χ0) is 32.9. The van der Waals surface area contributed by atoms with Crippen LogP contribution in [-0.4, -0.2) is 88.5 Å². The molecule has 3 fully saturated rings. The number of nitrogens with zero attached hydrogens (tertiary/aromatic N) is 5. The third-order valence-corrected chi connectivity index (χ3v) is 10.6. The molecule has 0 radical (unpaired) electrons. The minimum Gasteiger partial charge on any atom is -0.508 e. The number of fused-ring (bicyclic) bond motifs is 2. The lowest BCUT2D eigenvalue weighted by Crippen LogP contribution is -2.54. The Balaban J connectivity index is 1.30. The molecule has 3 aliphatic rings. The number of aromatic hydroxyl groups is 1. The Morgan fingerprint density at radius 2 is 1.94 bits per heavy atom. The summed E-state index contributed by atoms with van der Waals surface area (Å²) in [5.74, 6) is 1.22. The summed E-state index contributed by atoms with van der Waals surface area (Å²) in [4.78, 5) is 18.1. The maximum atomic E-state index is 16.7. The first-order chi connectivity index (χ1) is 22.6. The lowest BCUT2D eigenvalue weighted by molar-refractivity contribution is 0.0196. The van der Waals surface area contributed by atoms with Gasteiger partial charge in [0, 0.05) is 54.3 Å². The highest BCUT2D eigenvalue weighted by molar-refractivity contribution is 6.02. The molecule has 246 valence electrons. The summed E-state index contributed by atoms with van der Waals surface area (Å²) in [5, 5.41) is 15.1. The number of benzene rings is 2. The molecule has 2 aromatic heterocycles. The van der Waals surface area contributed by atoms with Crippen molar-refractivity contribution in [3.63, 3.8) is 0 Å². The standard InChI is InChI=1S/C36H39F3N6O2/c1-4-25-28(38)8-7-22-15-24(46)16-26(29(22)25)31-30(39)32-27(17-40-31)33(41-19-36(44(2)3)12-6-13-36)43-34(42-32)47-21-35(10-5-11-35)20-45-14-9-23(37)18-45/h1,7-8,15-17,23,46H,5-6,9-14,18-21H2,2-3H3,(H,41,42,43). The molecule has 4 aromatic rings. The fourth-order valence-corrected chi connectivity index (χ4v) is 7.44. The SMILES string of the molecule is C#Cc1c(F)ccc2cc(O)cc(-c3ncc4c(NCC5(N(C)C)CCC5)nc(OCC5(CN6CCC(F)C6)CCC5)nc4c3F)c12. The van der Waals surface area contributed by atoms with Gasteiger partial charge < -0.3 is 20.1 Å². The lowest BCUT2D eigenvalue weighted by Gasteiger charge is -2.47. The second kappa shape index (κ2) is 12.1. The topological polar surface area (TPSA) is 86.6 Å². The third-order valence-electron chi connectivity index (χ3n) is 10.6. The number of hydrogen-bond donors (Lipinski definition) is 2. The van der Waals surface area contributed by atoms with Gasteiger partial charge >= 0.3 is 6.01 Å². The molecule has 0 amide bonds. The number of aromatic nitrogens is 3. The minimum absolute atomic E-state index is 0.0207. The minimum atomic E-state index is -0.797. The number of terminal acetylenes is 1. The molecule has 2 saturated carbocycles. The quantitative estimate of drug-likeness (QED) is 0.195. The smallest absolute Gasteiger partial charge is 0.319 e. The number of phenolic OH excluding ortho intramolecular Hbond substituents is 1. The van der Waals surface area contributed by atoms with Crippen molar-refractivity contribution >= 4 is 27.5 Å². The van der Waals surface area contributed by atoms with Gasteiger partial charge in [-0.15, -0.1) is 6.42 Å². The summed E-state index contributed by atoms with van der Waals surface area (Å²) >= 11 is 0. The van der Waals surface area contributed by atoms with Crippen molar-refractivity contribution in [3.05, 3.63) is 47.7 Å². The monoisotopic (exact) mass is 644 g/mol. The van der Waals surface area contributed by atoms with Crippen molar-refractivity contribution in [2.45, 2.75) is 56.7 Å². The fourth-order valence-electron chi connectivity index (χ4n) is 7.44. The first-order valence-corrected chi connectivity index (χ1v) is 16.3. The number of ether oxygens (including phenoxy) is 1. The summed E-state index contributed by atoms with van der Waals surface area (Å²) in [6.07, 6.45) is 13.1. The maximum Gasteiger partial charge on any atom is 0.319 e. The van der Waals surface area contributed by atoms with Crippen LogP contribution in [0.25, 0.3) is 32.9 Å². The molecule has 1 aliphatic heterocycles. The van der Waals surface area contributed by atoms with Crippen molar-refractivity contribution in [2.24, 2.45) is 5.41 Å². The van der Waals surface area contributed by atoms with Gasteiger partial charge in [-0.2, -0.15) is 9.97 Å². The molecular formula is C36H39F3N6O2. The Hall–Kier alpha value is -4.14. The summed E-state index contributed by atoms with van der Waals surface area (Å²) < 4.78 is 51.7. The van der Waals surface area contributed by atoms with E-state index in [1.165, 1.54) is 30.5 Å². The van der Waals surface area contributed by atoms with E-state index in [9.17, 15) is 13.9 Å². The summed E-state index contributed by atoms with van der Waals surface area (Å²) in [6, 6.07) is 5.50. The predicted octanol–water partition coefficient (Wildman–Crippen LogP) is 6.30. The molecule has 11 heteroatoms. The number of pyridine rings is 1. The first-order valence-electron chi connectivity index (χ1n) is 16.3. The normalized spacial score (nSPS) is 20.2. The molecule has 47 heavy (non-hydrogen) atoms. The number of halogens is 3. The molecule has 3 heterocycles. The van der Waals surface area contributed by atoms with Crippen molar-refractivity contribution in [1.82, 2.24) is 24.8 Å². The largest absolute Gasteiger partial charge is 0.508 e. The van der Waals surface area contributed by atoms with Crippen LogP contribution < -0.4 is 10.1 Å². The van der Waals surface area contributed by atoms with E-state index in [4.69, 9.17) is 16.1 Å². The van der Waals surface area contributed by atoms with Gasteiger partial charge in [0.05, 0.1) is 17.6 Å². The highest BCUT2D eigenvalue weighted by atomic mass is 19.1. The summed E-state index contributed by atoms with van der Waals surface area (Å²) in [6.45, 7) is 2.81. The van der Waals surface area contributed by atoms with Crippen LogP contribution in [0.1, 0.15) is 50.5 Å². The van der Waals surface area contributed by atoms with Crippen LogP contribution in [0, 0.1) is 29.4 Å². The van der Waals surface area contributed by atoms with Gasteiger partial charge in [-0.25, -0.2) is 13.2 Å². The molecule has 7 rings (SSSR count). The van der Waals surface area contributed by atoms with Crippen molar-refractivity contribution in [3.8, 4) is 35.4 Å². The predicted molar refractivity (Wildman–Crippen MR) is 176 cm³/mol. The van der Waals surface area contributed by atoms with E-state index in [1.807, 2.05) is 0 Å². The van der Waals surface area contributed by atoms with Gasteiger partial charge in [-0.05, 0) is 76.2 Å². The number of likely N-dealkylation sites (tertiary alicyclic amines) is 1. The van der Waals surface area contributed by atoms with Crippen molar-refractivity contribution in [2.75, 3.05) is 52.2 Å². The fraction of sp³-hybridized carbons (Fsp3) is 0.472. The number of likely N-dealkylation sites (N-methyl/N-ethyl adjacent to an activating group) is 1. The molecule has 2 N–H and O–H groups in total. The van der Waals surface area contributed by atoms with Gasteiger partial charge in [0.1, 0.15) is 34.8 Å². The Labute approximate surface area is 272 Å². The average molecular weight is 645 g/mol. The molecule has 0 bridgehead atoms. The van der Waals surface area contributed by atoms with E-state index in [2.05, 4.69) is 45.1 Å². The Morgan fingerprint density at radius 3 is 2.57 bits per heavy atom. The van der Waals surface area contributed by atoms with Gasteiger partial charge in [0.25, 0.3) is 0 Å². The molecule has 1 unspecified atom stereocenters. The van der Waals surface area contributed by atoms with Crippen LogP contribution in [0.15, 0.2) is 30.5 Å². The number of hydrogen-bond acceptors (Lipinski definition) is 8. The Morgan fingerprint density at radius 1 is 1.15 bits per heavy atom. The zero-order valence-corrected chi connectivity index (χ0v) is 26.8. The second-order valence-corrected chi connectivity index (χ2v) is 13.8. The van der Waals surface area contributed by atoms with Gasteiger partial charge in [0.15, 0.2) is 5.82 Å². The zero-order valence-electron chi connectivity index (χ0n) is 26.8. The summed E-state index contributed by atoms with van der Waals surface area (Å²) in [7, 11) is 4.11. The third kappa shape index (κ3) is 5.72. The molecule has 2 aliphatic carbocycles. The number of alkyl halides is 1. The van der Waals surface area contributed by atoms with Crippen molar-refractivity contribution in [1.29, 1.82) is 0 Å². The number of nitrogens with one attached hydrogen (secondary N) is 1. The van der Waals surface area contributed by atoms with Crippen LogP contribution in [0.5, 0.6) is 11.8 Å². The molecule has 8 nitrogen and oxygen atoms in total. The van der Waals surface area contributed by atoms with Crippen LogP contribution >= 0.6 is 0 Å². The van der Waals surface area contributed by atoms with Crippen LogP contribution in [0.2, 0.25) is 0 Å². The molecular weight excluding hydrogens is 605 g/mol. The van der Waals surface area contributed by atoms with E-state index in [1.54, 1.807) is 0 Å². The van der Waals surface area contributed by atoms with Crippen LogP contribution in [-0.2, 0) is 0 Å². The summed E-state index contributed by atoms with van der Waals surface area (Å²) in [5.41, 5.74) is -0.258. The maximum absolute atomic E-state index is 16.7. The highest BCUT2D eigenvalue weighted by Crippen LogP contribution is 2.43. The number of anilines is 1. The Bertz CT molecular complexity index is 1890. The molecule has 1 saturated heterocycles. The van der Waals surface area contributed by atoms with E-state index >= 15 is 4.39 Å². The van der Waals surface area contributed by atoms with E-state index in [-0.39, 0.29) is 50.4 Å². The van der Waals surface area contributed by atoms with Gasteiger partial charge in [0.2, 0.25) is 0 Å². The molecule has 1 atom stereocenters. The van der Waals surface area contributed by atoms with Crippen molar-refractivity contribution < 1.29 is 23.0 Å². The molecule has 0 spiro atoms. The van der Waals surface area contributed by atoms with Gasteiger partial charge in [-0.3, -0.25) is 9.88 Å². The van der Waals surface area contributed by atoms with Gasteiger partial charge in [-0.1, -0.05) is 18.4 Å². The Kier molecular flexibility index (Phi) is 8.13.